The van der Waals surface area contributed by atoms with Crippen LogP contribution in [0.3, 0.4) is 0 Å². The third-order valence-electron chi connectivity index (χ3n) is 3.54. The Kier molecular flexibility index (Phi) is 5.08. The van der Waals surface area contributed by atoms with Gasteiger partial charge in [0.25, 0.3) is 0 Å². The lowest BCUT2D eigenvalue weighted by atomic mass is 9.88. The Bertz CT molecular complexity index is 650. The summed E-state index contributed by atoms with van der Waals surface area (Å²) in [6, 6.07) is 5.15. The molecule has 0 radical (unpaired) electrons. The first-order valence-electron chi connectivity index (χ1n) is 7.51. The van der Waals surface area contributed by atoms with Gasteiger partial charge in [-0.2, -0.15) is 0 Å². The fourth-order valence-corrected chi connectivity index (χ4v) is 2.22. The summed E-state index contributed by atoms with van der Waals surface area (Å²) in [5.41, 5.74) is 2.73. The first kappa shape index (κ1) is 16.4. The van der Waals surface area contributed by atoms with Crippen LogP contribution in [0.1, 0.15) is 39.2 Å². The highest BCUT2D eigenvalue weighted by Crippen LogP contribution is 2.21. The molecular formula is C17H23N3O2. The van der Waals surface area contributed by atoms with Gasteiger partial charge >= 0.3 is 5.97 Å². The number of hydrogen-bond acceptors (Lipinski definition) is 4. The van der Waals surface area contributed by atoms with E-state index in [1.54, 1.807) is 12.4 Å². The van der Waals surface area contributed by atoms with Crippen molar-refractivity contribution in [2.45, 2.75) is 46.2 Å². The fraction of sp³-hybridized carbons (Fsp3) is 0.471. The van der Waals surface area contributed by atoms with Crippen LogP contribution in [0, 0.1) is 5.41 Å². The number of nitrogens with one attached hydrogen (secondary N) is 1. The van der Waals surface area contributed by atoms with Crippen LogP contribution in [0.15, 0.2) is 30.6 Å². The number of fused-ring (bicyclic) bond motifs is 1. The molecule has 118 valence electrons. The number of pyridine rings is 2. The monoisotopic (exact) mass is 301 g/mol. The van der Waals surface area contributed by atoms with Crippen LogP contribution in [-0.2, 0) is 11.3 Å². The molecule has 1 unspecified atom stereocenters. The van der Waals surface area contributed by atoms with E-state index in [4.69, 9.17) is 0 Å². The number of aromatic nitrogens is 2. The van der Waals surface area contributed by atoms with Gasteiger partial charge < -0.3 is 10.4 Å². The van der Waals surface area contributed by atoms with Gasteiger partial charge in [-0.1, -0.05) is 20.8 Å². The van der Waals surface area contributed by atoms with Crippen LogP contribution in [0.4, 0.5) is 0 Å². The molecule has 0 saturated heterocycles. The van der Waals surface area contributed by atoms with Crippen molar-refractivity contribution < 1.29 is 9.90 Å². The van der Waals surface area contributed by atoms with Crippen LogP contribution in [0.25, 0.3) is 11.0 Å². The number of carboxylic acid groups (broad SMARTS) is 1. The minimum atomic E-state index is -0.809. The number of hydrogen-bond donors (Lipinski definition) is 2. The molecule has 2 aromatic heterocycles. The van der Waals surface area contributed by atoms with Gasteiger partial charge in [-0.05, 0) is 42.0 Å². The summed E-state index contributed by atoms with van der Waals surface area (Å²) in [4.78, 5) is 20.0. The fourth-order valence-electron chi connectivity index (χ4n) is 2.22. The third-order valence-corrected chi connectivity index (χ3v) is 3.54. The number of carboxylic acids is 1. The highest BCUT2D eigenvalue weighted by atomic mass is 16.4. The minimum Gasteiger partial charge on any atom is -0.480 e. The molecule has 0 aliphatic heterocycles. The Morgan fingerprint density at radius 1 is 1.32 bits per heavy atom. The predicted molar refractivity (Wildman–Crippen MR) is 86.5 cm³/mol. The van der Waals surface area contributed by atoms with Crippen molar-refractivity contribution >= 4 is 17.0 Å². The van der Waals surface area contributed by atoms with Gasteiger partial charge in [0.2, 0.25) is 0 Å². The van der Waals surface area contributed by atoms with E-state index in [2.05, 4.69) is 36.1 Å². The molecule has 0 saturated carbocycles. The highest BCUT2D eigenvalue weighted by Gasteiger charge is 2.20. The molecule has 0 aliphatic rings. The van der Waals surface area contributed by atoms with Crippen molar-refractivity contribution in [1.29, 1.82) is 0 Å². The van der Waals surface area contributed by atoms with Crippen molar-refractivity contribution in [3.05, 3.63) is 36.2 Å². The Morgan fingerprint density at radius 2 is 2.09 bits per heavy atom. The predicted octanol–water partition coefficient (Wildman–Crippen LogP) is 3.00. The minimum absolute atomic E-state index is 0.129. The molecule has 0 bridgehead atoms. The van der Waals surface area contributed by atoms with E-state index in [0.29, 0.717) is 13.0 Å². The summed E-state index contributed by atoms with van der Waals surface area (Å²) in [5, 5.41) is 12.4. The zero-order valence-electron chi connectivity index (χ0n) is 13.3. The second kappa shape index (κ2) is 6.83. The second-order valence-corrected chi connectivity index (χ2v) is 6.76. The number of rotatable bonds is 6. The average molecular weight is 301 g/mol. The van der Waals surface area contributed by atoms with Gasteiger partial charge in [0.1, 0.15) is 6.04 Å². The van der Waals surface area contributed by atoms with Gasteiger partial charge in [0.15, 0.2) is 0 Å². The zero-order chi connectivity index (χ0) is 16.2. The smallest absolute Gasteiger partial charge is 0.320 e. The quantitative estimate of drug-likeness (QED) is 0.858. The first-order valence-corrected chi connectivity index (χ1v) is 7.51. The molecule has 5 nitrogen and oxygen atoms in total. The molecule has 2 heterocycles. The molecule has 1 atom stereocenters. The van der Waals surface area contributed by atoms with E-state index in [1.165, 1.54) is 0 Å². The molecule has 0 aliphatic carbocycles. The zero-order valence-corrected chi connectivity index (χ0v) is 13.3. The van der Waals surface area contributed by atoms with Crippen molar-refractivity contribution in [3.8, 4) is 0 Å². The van der Waals surface area contributed by atoms with Crippen LogP contribution in [0.5, 0.6) is 0 Å². The largest absolute Gasteiger partial charge is 0.480 e. The average Bonchev–Trinajstić information content (AvgIpc) is 2.45. The van der Waals surface area contributed by atoms with E-state index in [-0.39, 0.29) is 5.41 Å². The van der Waals surface area contributed by atoms with Gasteiger partial charge in [-0.3, -0.25) is 14.8 Å². The second-order valence-electron chi connectivity index (χ2n) is 6.76. The molecule has 0 fully saturated rings. The van der Waals surface area contributed by atoms with E-state index < -0.39 is 12.0 Å². The Labute approximate surface area is 130 Å². The summed E-state index contributed by atoms with van der Waals surface area (Å²) < 4.78 is 0. The van der Waals surface area contributed by atoms with Crippen molar-refractivity contribution in [1.82, 2.24) is 15.3 Å². The molecule has 0 amide bonds. The maximum absolute atomic E-state index is 11.4. The van der Waals surface area contributed by atoms with Crippen molar-refractivity contribution in [2.24, 2.45) is 5.41 Å². The highest BCUT2D eigenvalue weighted by molar-refractivity contribution is 5.74. The summed E-state index contributed by atoms with van der Waals surface area (Å²) in [5.74, 6) is -0.809. The molecule has 22 heavy (non-hydrogen) atoms. The summed E-state index contributed by atoms with van der Waals surface area (Å²) in [7, 11) is 0. The van der Waals surface area contributed by atoms with Gasteiger partial charge in [0, 0.05) is 18.9 Å². The first-order chi connectivity index (χ1) is 10.3. The third kappa shape index (κ3) is 4.77. The molecule has 5 heteroatoms. The Morgan fingerprint density at radius 3 is 2.77 bits per heavy atom. The maximum atomic E-state index is 11.4. The number of carbonyl (C=O) groups is 1. The normalized spacial score (nSPS) is 13.2. The van der Waals surface area contributed by atoms with Gasteiger partial charge in [-0.15, -0.1) is 0 Å². The van der Waals surface area contributed by atoms with E-state index in [1.807, 2.05) is 18.2 Å². The van der Waals surface area contributed by atoms with E-state index in [0.717, 1.165) is 23.0 Å². The molecule has 2 N–H and O–H groups in total. The van der Waals surface area contributed by atoms with Crippen molar-refractivity contribution in [2.75, 3.05) is 0 Å². The molecule has 0 aromatic carbocycles. The van der Waals surface area contributed by atoms with Crippen LogP contribution < -0.4 is 5.32 Å². The lowest BCUT2D eigenvalue weighted by Crippen LogP contribution is -2.37. The standard InChI is InChI=1S/C17H23N3O2/c1-17(2,3)7-6-14(16(21)22)20-11-12-9-15-13(19-10-12)5-4-8-18-15/h4-5,8-10,14,20H,6-7,11H2,1-3H3,(H,21,22). The summed E-state index contributed by atoms with van der Waals surface area (Å²) in [6.45, 7) is 6.82. The summed E-state index contributed by atoms with van der Waals surface area (Å²) in [6.07, 6.45) is 4.96. The summed E-state index contributed by atoms with van der Waals surface area (Å²) >= 11 is 0. The number of aliphatic carboxylic acids is 1. The van der Waals surface area contributed by atoms with Gasteiger partial charge in [-0.25, -0.2) is 0 Å². The van der Waals surface area contributed by atoms with Crippen LogP contribution in [0.2, 0.25) is 0 Å². The SMILES string of the molecule is CC(C)(C)CCC(NCc1cnc2cccnc2c1)C(=O)O. The van der Waals surface area contributed by atoms with Gasteiger partial charge in [0.05, 0.1) is 11.0 Å². The molecule has 0 spiro atoms. The van der Waals surface area contributed by atoms with E-state index in [9.17, 15) is 9.90 Å². The molecule has 2 rings (SSSR count). The lowest BCUT2D eigenvalue weighted by molar-refractivity contribution is -0.139. The van der Waals surface area contributed by atoms with E-state index >= 15 is 0 Å². The maximum Gasteiger partial charge on any atom is 0.320 e. The Balaban J connectivity index is 1.99. The topological polar surface area (TPSA) is 75.1 Å². The van der Waals surface area contributed by atoms with Crippen molar-refractivity contribution in [3.63, 3.8) is 0 Å². The Hall–Kier alpha value is -2.01. The van der Waals surface area contributed by atoms with Crippen LogP contribution in [-0.4, -0.2) is 27.1 Å². The molecule has 2 aromatic rings. The van der Waals surface area contributed by atoms with Crippen LogP contribution >= 0.6 is 0 Å². The molecular weight excluding hydrogens is 278 g/mol. The lowest BCUT2D eigenvalue weighted by Gasteiger charge is -2.21. The number of nitrogens with zero attached hydrogens (tertiary/aromatic N) is 2.